The summed E-state index contributed by atoms with van der Waals surface area (Å²) in [4.78, 5) is 36.8. The molecule has 0 unspecified atom stereocenters. The van der Waals surface area contributed by atoms with Crippen molar-refractivity contribution in [2.24, 2.45) is 11.8 Å². The SMILES string of the molecule is C[C@H]1C[C@@H]1C(=O)OCC(=O)Nc1ccc(N2CCCC2=O)cc1. The van der Waals surface area contributed by atoms with E-state index in [2.05, 4.69) is 5.32 Å². The average molecular weight is 316 g/mol. The molecule has 6 nitrogen and oxygen atoms in total. The lowest BCUT2D eigenvalue weighted by atomic mass is 10.2. The maximum atomic E-state index is 11.8. The predicted molar refractivity (Wildman–Crippen MR) is 84.9 cm³/mol. The number of nitrogens with one attached hydrogen (secondary N) is 1. The second kappa shape index (κ2) is 6.40. The van der Waals surface area contributed by atoms with Crippen LogP contribution in [-0.2, 0) is 19.1 Å². The highest BCUT2D eigenvalue weighted by molar-refractivity contribution is 5.96. The van der Waals surface area contributed by atoms with Gasteiger partial charge in [0.2, 0.25) is 5.91 Å². The van der Waals surface area contributed by atoms with Crippen LogP contribution in [0.1, 0.15) is 26.2 Å². The van der Waals surface area contributed by atoms with E-state index in [-0.39, 0.29) is 30.3 Å². The molecule has 0 bridgehead atoms. The van der Waals surface area contributed by atoms with Crippen LogP contribution < -0.4 is 10.2 Å². The van der Waals surface area contributed by atoms with Crippen LogP contribution in [-0.4, -0.2) is 30.9 Å². The van der Waals surface area contributed by atoms with E-state index in [4.69, 9.17) is 4.74 Å². The lowest BCUT2D eigenvalue weighted by molar-refractivity contribution is -0.148. The van der Waals surface area contributed by atoms with Gasteiger partial charge < -0.3 is 15.0 Å². The highest BCUT2D eigenvalue weighted by atomic mass is 16.5. The number of amides is 2. The molecule has 2 aliphatic rings. The smallest absolute Gasteiger partial charge is 0.309 e. The maximum absolute atomic E-state index is 11.8. The number of esters is 1. The Hall–Kier alpha value is -2.37. The van der Waals surface area contributed by atoms with E-state index in [1.54, 1.807) is 29.2 Å². The number of nitrogens with zero attached hydrogens (tertiary/aromatic N) is 1. The van der Waals surface area contributed by atoms with Crippen molar-refractivity contribution in [2.45, 2.75) is 26.2 Å². The van der Waals surface area contributed by atoms with Crippen LogP contribution in [0.15, 0.2) is 24.3 Å². The summed E-state index contributed by atoms with van der Waals surface area (Å²) in [6.45, 7) is 2.45. The molecule has 1 aromatic carbocycles. The van der Waals surface area contributed by atoms with Crippen LogP contribution in [0.5, 0.6) is 0 Å². The summed E-state index contributed by atoms with van der Waals surface area (Å²) >= 11 is 0. The van der Waals surface area contributed by atoms with Crippen molar-refractivity contribution in [3.05, 3.63) is 24.3 Å². The molecule has 1 heterocycles. The largest absolute Gasteiger partial charge is 0.455 e. The third kappa shape index (κ3) is 3.70. The van der Waals surface area contributed by atoms with Crippen molar-refractivity contribution < 1.29 is 19.1 Å². The van der Waals surface area contributed by atoms with Crippen molar-refractivity contribution in [3.8, 4) is 0 Å². The van der Waals surface area contributed by atoms with Crippen LogP contribution in [0.25, 0.3) is 0 Å². The Labute approximate surface area is 134 Å². The van der Waals surface area contributed by atoms with Crippen molar-refractivity contribution in [3.63, 3.8) is 0 Å². The zero-order chi connectivity index (χ0) is 16.4. The quantitative estimate of drug-likeness (QED) is 0.843. The van der Waals surface area contributed by atoms with E-state index in [1.807, 2.05) is 6.92 Å². The standard InChI is InChI=1S/C17H20N2O4/c1-11-9-14(11)17(22)23-10-15(20)18-12-4-6-13(7-5-12)19-8-2-3-16(19)21/h4-7,11,14H,2-3,8-10H2,1H3,(H,18,20)/t11-,14-/m0/s1. The fraction of sp³-hybridized carbons (Fsp3) is 0.471. The van der Waals surface area contributed by atoms with Gasteiger partial charge in [0.15, 0.2) is 6.61 Å². The lowest BCUT2D eigenvalue weighted by Gasteiger charge is -2.16. The minimum Gasteiger partial charge on any atom is -0.455 e. The Bertz CT molecular complexity index is 626. The molecule has 1 aliphatic carbocycles. The molecule has 1 saturated carbocycles. The number of hydrogen-bond donors (Lipinski definition) is 1. The van der Waals surface area contributed by atoms with Gasteiger partial charge in [-0.3, -0.25) is 14.4 Å². The number of anilines is 2. The molecule has 0 radical (unpaired) electrons. The molecule has 23 heavy (non-hydrogen) atoms. The first kappa shape index (κ1) is 15.5. The van der Waals surface area contributed by atoms with Crippen LogP contribution in [0, 0.1) is 11.8 Å². The van der Waals surface area contributed by atoms with Crippen LogP contribution in [0.4, 0.5) is 11.4 Å². The summed E-state index contributed by atoms with van der Waals surface area (Å²) in [5, 5.41) is 2.68. The molecule has 1 N–H and O–H groups in total. The first-order valence-corrected chi connectivity index (χ1v) is 7.91. The van der Waals surface area contributed by atoms with Gasteiger partial charge in [0.1, 0.15) is 0 Å². The second-order valence-corrected chi connectivity index (χ2v) is 6.17. The zero-order valence-corrected chi connectivity index (χ0v) is 13.1. The highest BCUT2D eigenvalue weighted by Crippen LogP contribution is 2.38. The molecule has 6 heteroatoms. The van der Waals surface area contributed by atoms with Gasteiger partial charge in [0.25, 0.3) is 5.91 Å². The van der Waals surface area contributed by atoms with E-state index < -0.39 is 0 Å². The van der Waals surface area contributed by atoms with Crippen molar-refractivity contribution in [1.29, 1.82) is 0 Å². The minimum atomic E-state index is -0.364. The third-order valence-corrected chi connectivity index (χ3v) is 4.29. The zero-order valence-electron chi connectivity index (χ0n) is 13.1. The van der Waals surface area contributed by atoms with Gasteiger partial charge in [-0.1, -0.05) is 6.92 Å². The summed E-state index contributed by atoms with van der Waals surface area (Å²) in [6, 6.07) is 7.08. The maximum Gasteiger partial charge on any atom is 0.309 e. The molecule has 2 atom stereocenters. The van der Waals surface area contributed by atoms with Gasteiger partial charge >= 0.3 is 5.97 Å². The van der Waals surface area contributed by atoms with E-state index >= 15 is 0 Å². The Morgan fingerprint density at radius 2 is 2.00 bits per heavy atom. The van der Waals surface area contributed by atoms with E-state index in [0.29, 0.717) is 18.0 Å². The molecule has 1 saturated heterocycles. The van der Waals surface area contributed by atoms with Crippen LogP contribution in [0.3, 0.4) is 0 Å². The molecule has 0 aromatic heterocycles. The fourth-order valence-electron chi connectivity index (χ4n) is 2.74. The van der Waals surface area contributed by atoms with E-state index in [1.165, 1.54) is 0 Å². The molecular formula is C17H20N2O4. The Morgan fingerprint density at radius 1 is 1.30 bits per heavy atom. The number of benzene rings is 1. The van der Waals surface area contributed by atoms with Gasteiger partial charge in [0, 0.05) is 24.3 Å². The summed E-state index contributed by atoms with van der Waals surface area (Å²) in [5.41, 5.74) is 1.45. The third-order valence-electron chi connectivity index (χ3n) is 4.29. The minimum absolute atomic E-state index is 0.0416. The average Bonchev–Trinajstić information content (AvgIpc) is 3.12. The first-order valence-electron chi connectivity index (χ1n) is 7.91. The van der Waals surface area contributed by atoms with E-state index in [9.17, 15) is 14.4 Å². The summed E-state index contributed by atoms with van der Waals surface area (Å²) in [6.07, 6.45) is 2.31. The predicted octanol–water partition coefficient (Wildman–Crippen LogP) is 1.95. The second-order valence-electron chi connectivity index (χ2n) is 6.17. The molecule has 122 valence electrons. The van der Waals surface area contributed by atoms with E-state index in [0.717, 1.165) is 25.1 Å². The molecule has 2 fully saturated rings. The molecule has 3 rings (SSSR count). The first-order chi connectivity index (χ1) is 11.0. The number of ether oxygens (including phenoxy) is 1. The van der Waals surface area contributed by atoms with Crippen molar-refractivity contribution >= 4 is 29.2 Å². The number of rotatable bonds is 5. The fourth-order valence-corrected chi connectivity index (χ4v) is 2.74. The summed E-state index contributed by atoms with van der Waals surface area (Å²) < 4.78 is 4.99. The van der Waals surface area contributed by atoms with Gasteiger partial charge in [0.05, 0.1) is 5.92 Å². The van der Waals surface area contributed by atoms with Gasteiger partial charge in [-0.2, -0.15) is 0 Å². The van der Waals surface area contributed by atoms with Crippen molar-refractivity contribution in [1.82, 2.24) is 0 Å². The Morgan fingerprint density at radius 3 is 2.57 bits per heavy atom. The monoisotopic (exact) mass is 316 g/mol. The van der Waals surface area contributed by atoms with Crippen molar-refractivity contribution in [2.75, 3.05) is 23.4 Å². The van der Waals surface area contributed by atoms with Gasteiger partial charge in [-0.05, 0) is 43.0 Å². The number of carbonyl (C=O) groups is 3. The van der Waals surface area contributed by atoms with Crippen LogP contribution in [0.2, 0.25) is 0 Å². The number of carbonyl (C=O) groups excluding carboxylic acids is 3. The van der Waals surface area contributed by atoms with Gasteiger partial charge in [-0.15, -0.1) is 0 Å². The number of hydrogen-bond acceptors (Lipinski definition) is 4. The normalized spacial score (nSPS) is 22.8. The Balaban J connectivity index is 1.48. The molecule has 2 amide bonds. The molecule has 1 aliphatic heterocycles. The summed E-state index contributed by atoms with van der Waals surface area (Å²) in [5.74, 6) is -0.207. The van der Waals surface area contributed by atoms with Gasteiger partial charge in [-0.25, -0.2) is 0 Å². The topological polar surface area (TPSA) is 75.7 Å². The molecule has 0 spiro atoms. The summed E-state index contributed by atoms with van der Waals surface area (Å²) in [7, 11) is 0. The lowest BCUT2D eigenvalue weighted by Crippen LogP contribution is -2.24. The molecular weight excluding hydrogens is 296 g/mol. The Kier molecular flexibility index (Phi) is 4.32. The molecule has 1 aromatic rings. The van der Waals surface area contributed by atoms with Crippen LogP contribution >= 0.6 is 0 Å². The highest BCUT2D eigenvalue weighted by Gasteiger charge is 2.40.